The molecule has 0 aliphatic carbocycles. The summed E-state index contributed by atoms with van der Waals surface area (Å²) in [7, 11) is 0. The number of aromatic nitrogens is 3. The van der Waals surface area contributed by atoms with E-state index in [1.54, 1.807) is 34.5 Å². The van der Waals surface area contributed by atoms with Crippen LogP contribution in [0.5, 0.6) is 0 Å². The number of nitrogens with one attached hydrogen (secondary N) is 1. The fourth-order valence-corrected chi connectivity index (χ4v) is 2.79. The van der Waals surface area contributed by atoms with Crippen molar-refractivity contribution in [3.8, 4) is 0 Å². The molecule has 0 amide bonds. The van der Waals surface area contributed by atoms with E-state index in [0.717, 1.165) is 28.1 Å². The van der Waals surface area contributed by atoms with Gasteiger partial charge in [-0.15, -0.1) is 11.3 Å². The Morgan fingerprint density at radius 1 is 1.30 bits per heavy atom. The number of pyridine rings is 1. The molecule has 0 aromatic carbocycles. The monoisotopic (exact) mass is 286 g/mol. The predicted octanol–water partition coefficient (Wildman–Crippen LogP) is 2.33. The van der Waals surface area contributed by atoms with Gasteiger partial charge in [0.05, 0.1) is 30.0 Å². The summed E-state index contributed by atoms with van der Waals surface area (Å²) in [5.74, 6) is 0.747. The Bertz CT molecular complexity index is 776. The number of nitrogens with zero attached hydrogens (tertiary/aromatic N) is 3. The second-order valence-electron chi connectivity index (χ2n) is 4.37. The lowest BCUT2D eigenvalue weighted by Gasteiger charge is -2.06. The van der Waals surface area contributed by atoms with Gasteiger partial charge in [-0.2, -0.15) is 0 Å². The summed E-state index contributed by atoms with van der Waals surface area (Å²) in [6.45, 7) is 3.25. The fourth-order valence-electron chi connectivity index (χ4n) is 2.01. The highest BCUT2D eigenvalue weighted by Crippen LogP contribution is 2.16. The van der Waals surface area contributed by atoms with Gasteiger partial charge in [-0.05, 0) is 24.4 Å². The Balaban J connectivity index is 1.88. The van der Waals surface area contributed by atoms with Gasteiger partial charge in [0, 0.05) is 17.4 Å². The molecule has 0 radical (unpaired) electrons. The van der Waals surface area contributed by atoms with Crippen LogP contribution in [0.15, 0.2) is 40.9 Å². The normalized spacial score (nSPS) is 10.8. The first-order valence-electron chi connectivity index (χ1n) is 6.39. The van der Waals surface area contributed by atoms with Crippen LogP contribution in [0.25, 0.3) is 10.1 Å². The molecule has 1 N–H and O–H groups in total. The molecule has 0 aliphatic heterocycles. The highest BCUT2D eigenvalue weighted by Gasteiger charge is 2.05. The second-order valence-corrected chi connectivity index (χ2v) is 5.32. The van der Waals surface area contributed by atoms with Gasteiger partial charge in [-0.25, -0.2) is 4.98 Å². The first-order valence-corrected chi connectivity index (χ1v) is 7.27. The highest BCUT2D eigenvalue weighted by molar-refractivity contribution is 7.17. The molecule has 102 valence electrons. The van der Waals surface area contributed by atoms with Crippen LogP contribution in [0.4, 0.5) is 5.82 Å². The van der Waals surface area contributed by atoms with Crippen molar-refractivity contribution in [1.29, 1.82) is 0 Å². The molecule has 3 aromatic heterocycles. The molecular formula is C14H14N4OS. The van der Waals surface area contributed by atoms with Gasteiger partial charge in [0.25, 0.3) is 5.56 Å². The van der Waals surface area contributed by atoms with Gasteiger partial charge >= 0.3 is 0 Å². The summed E-state index contributed by atoms with van der Waals surface area (Å²) in [6.07, 6.45) is 5.19. The zero-order valence-electron chi connectivity index (χ0n) is 11.0. The van der Waals surface area contributed by atoms with Gasteiger partial charge < -0.3 is 9.88 Å². The van der Waals surface area contributed by atoms with Crippen molar-refractivity contribution >= 4 is 27.2 Å². The molecule has 6 heteroatoms. The molecule has 0 aliphatic rings. The van der Waals surface area contributed by atoms with Gasteiger partial charge in [0.15, 0.2) is 0 Å². The van der Waals surface area contributed by atoms with E-state index in [2.05, 4.69) is 15.3 Å². The van der Waals surface area contributed by atoms with Crippen LogP contribution < -0.4 is 10.9 Å². The molecule has 20 heavy (non-hydrogen) atoms. The molecule has 0 atom stereocenters. The molecule has 3 aromatic rings. The van der Waals surface area contributed by atoms with Crippen molar-refractivity contribution in [1.82, 2.24) is 14.5 Å². The van der Waals surface area contributed by atoms with Crippen LogP contribution in [0.1, 0.15) is 12.6 Å². The van der Waals surface area contributed by atoms with Crippen LogP contribution in [-0.4, -0.2) is 21.1 Å². The topological polar surface area (TPSA) is 59.8 Å². The highest BCUT2D eigenvalue weighted by atomic mass is 32.1. The average molecular weight is 286 g/mol. The number of hydrogen-bond donors (Lipinski definition) is 1. The maximum atomic E-state index is 12.3. The van der Waals surface area contributed by atoms with Crippen LogP contribution in [-0.2, 0) is 6.54 Å². The summed E-state index contributed by atoms with van der Waals surface area (Å²) in [5.41, 5.74) is 0.782. The molecule has 0 bridgehead atoms. The number of anilines is 1. The Morgan fingerprint density at radius 3 is 2.95 bits per heavy atom. The van der Waals surface area contributed by atoms with Crippen molar-refractivity contribution in [2.24, 2.45) is 0 Å². The van der Waals surface area contributed by atoms with E-state index >= 15 is 0 Å². The third-order valence-electron chi connectivity index (χ3n) is 2.99. The lowest BCUT2D eigenvalue weighted by atomic mass is 10.3. The minimum absolute atomic E-state index is 0.0151. The quantitative estimate of drug-likeness (QED) is 0.799. The van der Waals surface area contributed by atoms with E-state index in [1.165, 1.54) is 0 Å². The molecule has 0 spiro atoms. The Kier molecular flexibility index (Phi) is 3.47. The molecule has 0 saturated carbocycles. The van der Waals surface area contributed by atoms with Crippen molar-refractivity contribution in [3.63, 3.8) is 0 Å². The van der Waals surface area contributed by atoms with Gasteiger partial charge in [-0.1, -0.05) is 0 Å². The second kappa shape index (κ2) is 5.42. The van der Waals surface area contributed by atoms with Crippen molar-refractivity contribution in [2.75, 3.05) is 11.9 Å². The van der Waals surface area contributed by atoms with Gasteiger partial charge in [0.1, 0.15) is 5.82 Å². The lowest BCUT2D eigenvalue weighted by Crippen LogP contribution is -2.20. The van der Waals surface area contributed by atoms with E-state index in [9.17, 15) is 4.79 Å². The van der Waals surface area contributed by atoms with Crippen LogP contribution in [0.2, 0.25) is 0 Å². The van der Waals surface area contributed by atoms with Gasteiger partial charge in [-0.3, -0.25) is 9.78 Å². The summed E-state index contributed by atoms with van der Waals surface area (Å²) in [4.78, 5) is 20.9. The third-order valence-corrected chi connectivity index (χ3v) is 3.87. The number of rotatable bonds is 4. The molecule has 5 nitrogen and oxygen atoms in total. The van der Waals surface area contributed by atoms with E-state index in [1.807, 2.05) is 24.4 Å². The largest absolute Gasteiger partial charge is 0.369 e. The summed E-state index contributed by atoms with van der Waals surface area (Å²) in [6, 6.07) is 3.82. The summed E-state index contributed by atoms with van der Waals surface area (Å²) < 4.78 is 2.67. The van der Waals surface area contributed by atoms with Crippen molar-refractivity contribution < 1.29 is 0 Å². The van der Waals surface area contributed by atoms with Crippen LogP contribution in [0.3, 0.4) is 0 Å². The van der Waals surface area contributed by atoms with E-state index in [0.29, 0.717) is 6.54 Å². The smallest absolute Gasteiger partial charge is 0.259 e. The first kappa shape index (κ1) is 12.8. The average Bonchev–Trinajstić information content (AvgIpc) is 2.94. The SMILES string of the molecule is CCNc1cnc(Cn2ccc3sccc3c2=O)cn1. The van der Waals surface area contributed by atoms with Crippen molar-refractivity contribution in [3.05, 3.63) is 52.2 Å². The Morgan fingerprint density at radius 2 is 2.20 bits per heavy atom. The molecule has 3 rings (SSSR count). The zero-order chi connectivity index (χ0) is 13.9. The van der Waals surface area contributed by atoms with E-state index in [-0.39, 0.29) is 5.56 Å². The Labute approximate surface area is 119 Å². The maximum absolute atomic E-state index is 12.3. The lowest BCUT2D eigenvalue weighted by molar-refractivity contribution is 0.743. The first-order chi connectivity index (χ1) is 9.78. The standard InChI is InChI=1S/C14H14N4OS/c1-2-15-13-8-16-10(7-17-13)9-18-5-3-12-11(14(18)19)4-6-20-12/h3-8H,2,9H2,1H3,(H,15,17). The number of hydrogen-bond acceptors (Lipinski definition) is 5. The molecule has 3 heterocycles. The molecule has 0 unspecified atom stereocenters. The number of fused-ring (bicyclic) bond motifs is 1. The molecular weight excluding hydrogens is 272 g/mol. The van der Waals surface area contributed by atoms with Crippen LogP contribution in [0, 0.1) is 0 Å². The minimum Gasteiger partial charge on any atom is -0.369 e. The molecule has 0 saturated heterocycles. The fraction of sp³-hybridized carbons (Fsp3) is 0.214. The summed E-state index contributed by atoms with van der Waals surface area (Å²) in [5, 5.41) is 5.78. The maximum Gasteiger partial charge on any atom is 0.259 e. The van der Waals surface area contributed by atoms with Crippen LogP contribution >= 0.6 is 11.3 Å². The molecule has 0 fully saturated rings. The predicted molar refractivity (Wildman–Crippen MR) is 81.4 cm³/mol. The van der Waals surface area contributed by atoms with E-state index in [4.69, 9.17) is 0 Å². The number of thiophene rings is 1. The van der Waals surface area contributed by atoms with Crippen molar-refractivity contribution in [2.45, 2.75) is 13.5 Å². The Hall–Kier alpha value is -2.21. The van der Waals surface area contributed by atoms with E-state index < -0.39 is 0 Å². The zero-order valence-corrected chi connectivity index (χ0v) is 11.9. The minimum atomic E-state index is 0.0151. The third kappa shape index (κ3) is 2.42. The van der Waals surface area contributed by atoms with Gasteiger partial charge in [0.2, 0.25) is 0 Å². The summed E-state index contributed by atoms with van der Waals surface area (Å²) >= 11 is 1.57.